The molecule has 0 spiro atoms. The fourth-order valence-corrected chi connectivity index (χ4v) is 1.28. The third kappa shape index (κ3) is 126. The zero-order valence-electron chi connectivity index (χ0n) is 27.7. The van der Waals surface area contributed by atoms with Crippen LogP contribution in [0.1, 0.15) is 0 Å². The van der Waals surface area contributed by atoms with E-state index in [2.05, 4.69) is 75.8 Å². The van der Waals surface area contributed by atoms with Gasteiger partial charge in [0.2, 0.25) is 0 Å². The first-order valence-corrected chi connectivity index (χ1v) is 13.9. The second-order valence-electron chi connectivity index (χ2n) is 6.67. The standard InChI is InChI=1S/6C3H7NO2S.8Fe.7H2S/c6*4-2(1-7)3(5)6;;;;;;;;;;;;;;;/h6*2,7H,1,4H2,(H,5,6);;;;;;;;;7*1H2/p-13/t6*2-;;;;;;;;;;;;;;;/m000000.............../s1. The molecule has 6 atom stereocenters. The van der Waals surface area contributed by atoms with Gasteiger partial charge in [-0.1, -0.05) is 0 Å². The van der Waals surface area contributed by atoms with E-state index in [0.29, 0.717) is 0 Å². The van der Waals surface area contributed by atoms with Crippen molar-refractivity contribution in [3.8, 4) is 0 Å². The van der Waals surface area contributed by atoms with Crippen molar-refractivity contribution < 1.29 is 196 Å². The van der Waals surface area contributed by atoms with Crippen LogP contribution >= 0.6 is 0 Å². The number of carboxylic acid groups (broad SMARTS) is 6. The molecule has 0 saturated carbocycles. The third-order valence-corrected chi connectivity index (χ3v) is 5.14. The van der Waals surface area contributed by atoms with Crippen LogP contribution in [-0.4, -0.2) is 137 Å². The average Bonchev–Trinajstić information content (AvgIpc) is 2.95. The van der Waals surface area contributed by atoms with Gasteiger partial charge in [0.15, 0.2) is 0 Å². The molecule has 0 radical (unpaired) electrons. The van der Waals surface area contributed by atoms with Gasteiger partial charge in [-0.2, -0.15) is 34.5 Å². The van der Waals surface area contributed by atoms with Gasteiger partial charge in [0.1, 0.15) is 0 Å². The van der Waals surface area contributed by atoms with Gasteiger partial charge < -0.3 is 235 Å². The first-order valence-electron chi connectivity index (χ1n) is 10.5. The summed E-state index contributed by atoms with van der Waals surface area (Å²) < 4.78 is 0. The quantitative estimate of drug-likeness (QED) is 0.0490. The molecular formula is C18H43Fe8N6O12S13-13. The van der Waals surface area contributed by atoms with E-state index in [9.17, 15) is 28.8 Å². The molecule has 0 rings (SSSR count). The summed E-state index contributed by atoms with van der Waals surface area (Å²) in [5.41, 5.74) is 29.5. The summed E-state index contributed by atoms with van der Waals surface area (Å²) in [5, 5.41) is 47.9. The predicted octanol–water partition coefficient (Wildman–Crippen LogP) is -8.24. The molecule has 39 heteroatoms. The summed E-state index contributed by atoms with van der Waals surface area (Å²) >= 11 is 26.1. The molecule has 57 heavy (non-hydrogen) atoms. The largest absolute Gasteiger partial charge is 0.813 e. The van der Waals surface area contributed by atoms with Crippen LogP contribution in [-0.2, 0) is 336 Å². The molecule has 18 N–H and O–H groups in total. The fourth-order valence-electron chi connectivity index (χ4n) is 0.428. The summed E-state index contributed by atoms with van der Waals surface area (Å²) in [7, 11) is 0. The Hall–Kier alpha value is 5.29. The number of aliphatic carboxylic acids is 6. The Kier molecular flexibility index (Phi) is 240. The minimum atomic E-state index is -1.03. The molecule has 0 aliphatic carbocycles. The van der Waals surface area contributed by atoms with Crippen LogP contribution in [0.3, 0.4) is 0 Å². The summed E-state index contributed by atoms with van der Waals surface area (Å²) in [5.74, 6) is -5.72. The number of hydrogen-bond acceptors (Lipinski definition) is 25. The van der Waals surface area contributed by atoms with Crippen LogP contribution in [0.5, 0.6) is 0 Å². The van der Waals surface area contributed by atoms with Crippen LogP contribution in [0.25, 0.3) is 0 Å². The second-order valence-corrected chi connectivity index (χ2v) is 8.67. The molecular weight excluding hydrogens is 1360 g/mol. The molecule has 0 aromatic rings. The van der Waals surface area contributed by atoms with Crippen molar-refractivity contribution in [2.75, 3.05) is 34.5 Å². The molecule has 18 nitrogen and oxygen atoms in total. The Morgan fingerprint density at radius 2 is 0.333 bits per heavy atom. The Labute approximate surface area is 500 Å². The second kappa shape index (κ2) is 99.6. The van der Waals surface area contributed by atoms with Crippen LogP contribution in [0.4, 0.5) is 0 Å². The maximum atomic E-state index is 9.74. The topological polar surface area (TPSA) is 380 Å². The van der Waals surface area contributed by atoms with Gasteiger partial charge in [0.25, 0.3) is 0 Å². The maximum Gasteiger partial charge on any atom is 0.318 e. The molecule has 0 fully saturated rings. The van der Waals surface area contributed by atoms with Crippen molar-refractivity contribution in [2.45, 2.75) is 36.3 Å². The van der Waals surface area contributed by atoms with E-state index in [-0.39, 0.29) is 266 Å². The molecule has 0 aromatic carbocycles. The Morgan fingerprint density at radius 1 is 0.281 bits per heavy atom. The minimum Gasteiger partial charge on any atom is -0.813 e. The molecule has 0 bridgehead atoms. The van der Waals surface area contributed by atoms with Crippen molar-refractivity contribution >= 4 is 206 Å². The van der Waals surface area contributed by atoms with E-state index in [0.717, 1.165) is 0 Å². The van der Waals surface area contributed by atoms with E-state index < -0.39 is 72.1 Å². The number of carboxylic acids is 6. The molecule has 0 aromatic heterocycles. The van der Waals surface area contributed by atoms with Crippen molar-refractivity contribution in [2.24, 2.45) is 34.4 Å². The molecule has 0 unspecified atom stereocenters. The number of nitrogens with two attached hydrogens (primary N) is 6. The van der Waals surface area contributed by atoms with Crippen molar-refractivity contribution in [1.82, 2.24) is 0 Å². The van der Waals surface area contributed by atoms with Gasteiger partial charge in [0, 0.05) is 137 Å². The number of carbonyl (C=O) groups is 6. The number of hydrogen-bond donors (Lipinski definition) is 12. The van der Waals surface area contributed by atoms with Gasteiger partial charge in [-0.05, 0) is 0 Å². The first-order chi connectivity index (χ1) is 19.1. The summed E-state index contributed by atoms with van der Waals surface area (Å²) in [6.45, 7) is 0. The molecule has 0 saturated heterocycles. The molecule has 0 heterocycles. The fraction of sp³-hybridized carbons (Fsp3) is 0.667. The van der Waals surface area contributed by atoms with Gasteiger partial charge >= 0.3 is 35.8 Å². The predicted molar refractivity (Wildman–Crippen MR) is 228 cm³/mol. The van der Waals surface area contributed by atoms with Crippen LogP contribution < -0.4 is 34.4 Å². The van der Waals surface area contributed by atoms with E-state index in [1.54, 1.807) is 0 Å². The van der Waals surface area contributed by atoms with Crippen molar-refractivity contribution in [1.29, 1.82) is 0 Å². The monoisotopic (exact) mass is 1400 g/mol. The zero-order valence-corrected chi connectivity index (χ0v) is 47.7. The minimum absolute atomic E-state index is 0. The van der Waals surface area contributed by atoms with Gasteiger partial charge in [-0.15, -0.1) is 0 Å². The average molecular weight is 1400 g/mol. The van der Waals surface area contributed by atoms with Gasteiger partial charge in [0.05, 0.1) is 36.3 Å². The normalized spacial score (nSPS) is 9.89. The summed E-state index contributed by atoms with van der Waals surface area (Å²) in [4.78, 5) is 58.4. The van der Waals surface area contributed by atoms with Crippen molar-refractivity contribution in [3.63, 3.8) is 0 Å². The molecule has 0 amide bonds. The van der Waals surface area contributed by atoms with E-state index in [1.807, 2.05) is 0 Å². The summed E-state index contributed by atoms with van der Waals surface area (Å²) in [6.07, 6.45) is 0. The molecule has 0 aliphatic heterocycles. The van der Waals surface area contributed by atoms with E-state index >= 15 is 0 Å². The molecule has 372 valence electrons. The van der Waals surface area contributed by atoms with Crippen LogP contribution in [0, 0.1) is 0 Å². The summed E-state index contributed by atoms with van der Waals surface area (Å²) in [6, 6.07) is -5.19. The van der Waals surface area contributed by atoms with Crippen LogP contribution in [0.2, 0.25) is 0 Å². The third-order valence-electron chi connectivity index (χ3n) is 2.98. The number of rotatable bonds is 12. The smallest absolute Gasteiger partial charge is 0.318 e. The van der Waals surface area contributed by atoms with Crippen molar-refractivity contribution in [3.05, 3.63) is 0 Å². The Balaban J connectivity index is -0.0000000136. The number of thiol groups is 7. The first kappa shape index (κ1) is 137. The SMILES string of the molecule is N[C@@H](C[S-])C(=O)O.N[C@@H](C[S-])C(=O)O.N[C@@H](C[S-])C(=O)O.N[C@@H](C[S-])C(=O)O.N[C@@H](C[S-])C(=O)O.N[C@@H](C[S-])C(=O)O.[Fe].[Fe].[Fe].[Fe].[Fe].[Fe].[Fe].[Fe].[SH-].[SH-].[SH-].[SH-].[SH-].[SH-].[SH-]. The van der Waals surface area contributed by atoms with E-state index in [1.165, 1.54) is 0 Å². The van der Waals surface area contributed by atoms with Gasteiger partial charge in [-0.3, -0.25) is 28.8 Å². The van der Waals surface area contributed by atoms with E-state index in [4.69, 9.17) is 65.0 Å². The molecule has 0 aliphatic rings. The van der Waals surface area contributed by atoms with Gasteiger partial charge in [-0.25, -0.2) is 0 Å². The Bertz CT molecular complexity index is 657. The van der Waals surface area contributed by atoms with Crippen LogP contribution in [0.15, 0.2) is 0 Å². The Morgan fingerprint density at radius 3 is 0.333 bits per heavy atom. The zero-order chi connectivity index (χ0) is 35.2. The maximum absolute atomic E-state index is 9.74.